The van der Waals surface area contributed by atoms with Gasteiger partial charge in [-0.2, -0.15) is 0 Å². The minimum atomic E-state index is 0.0352. The lowest BCUT2D eigenvalue weighted by atomic mass is 9.97. The smallest absolute Gasteiger partial charge is 0.165 e. The number of hydrogen-bond acceptors (Lipinski definition) is 2. The lowest BCUT2D eigenvalue weighted by Crippen LogP contribution is -2.10. The molecule has 1 aromatic carbocycles. The Kier molecular flexibility index (Phi) is 3.84. The van der Waals surface area contributed by atoms with Crippen LogP contribution in [0.5, 0.6) is 0 Å². The highest BCUT2D eigenvalue weighted by Crippen LogP contribution is 2.14. The van der Waals surface area contributed by atoms with E-state index in [0.29, 0.717) is 6.61 Å². The maximum atomic E-state index is 11.8. The molecule has 76 valence electrons. The van der Waals surface area contributed by atoms with Gasteiger partial charge in [0.1, 0.15) is 0 Å². The second-order valence-corrected chi connectivity index (χ2v) is 3.61. The molecule has 0 heterocycles. The van der Waals surface area contributed by atoms with Crippen LogP contribution in [-0.2, 0) is 11.3 Å². The van der Waals surface area contributed by atoms with Gasteiger partial charge in [0.05, 0.1) is 6.61 Å². The first-order chi connectivity index (χ1) is 6.66. The second kappa shape index (κ2) is 4.91. The summed E-state index contributed by atoms with van der Waals surface area (Å²) in [6, 6.07) is 7.59. The molecule has 0 aliphatic rings. The highest BCUT2D eigenvalue weighted by atomic mass is 16.5. The predicted molar refractivity (Wildman–Crippen MR) is 56.3 cm³/mol. The van der Waals surface area contributed by atoms with Gasteiger partial charge < -0.3 is 4.74 Å². The molecule has 14 heavy (non-hydrogen) atoms. The molecule has 0 atom stereocenters. The number of Topliss-reactive ketones (excluding diaryl/α,β-unsaturated/α-hetero) is 1. The number of rotatable bonds is 4. The number of carbonyl (C=O) groups excluding carboxylic acids is 1. The summed E-state index contributed by atoms with van der Waals surface area (Å²) in [5, 5.41) is 0. The van der Waals surface area contributed by atoms with E-state index in [9.17, 15) is 4.79 Å². The van der Waals surface area contributed by atoms with Gasteiger partial charge in [-0.05, 0) is 5.56 Å². The van der Waals surface area contributed by atoms with Crippen LogP contribution in [0.3, 0.4) is 0 Å². The molecule has 2 heteroatoms. The van der Waals surface area contributed by atoms with E-state index in [4.69, 9.17) is 4.74 Å². The van der Waals surface area contributed by atoms with Gasteiger partial charge >= 0.3 is 0 Å². The number of benzene rings is 1. The van der Waals surface area contributed by atoms with Crippen LogP contribution in [0.15, 0.2) is 24.3 Å². The van der Waals surface area contributed by atoms with Crippen LogP contribution in [0.1, 0.15) is 29.8 Å². The first kappa shape index (κ1) is 10.9. The first-order valence-electron chi connectivity index (χ1n) is 4.78. The van der Waals surface area contributed by atoms with Crippen molar-refractivity contribution in [1.29, 1.82) is 0 Å². The summed E-state index contributed by atoms with van der Waals surface area (Å²) in [7, 11) is 1.64. The first-order valence-corrected chi connectivity index (χ1v) is 4.78. The number of carbonyl (C=O) groups is 1. The Morgan fingerprint density at radius 2 is 2.00 bits per heavy atom. The van der Waals surface area contributed by atoms with Gasteiger partial charge in [-0.1, -0.05) is 38.1 Å². The molecule has 0 saturated carbocycles. The van der Waals surface area contributed by atoms with Crippen molar-refractivity contribution in [2.75, 3.05) is 7.11 Å². The fraction of sp³-hybridized carbons (Fsp3) is 0.417. The third-order valence-electron chi connectivity index (χ3n) is 2.11. The number of ether oxygens (including phenoxy) is 1. The molecular weight excluding hydrogens is 176 g/mol. The van der Waals surface area contributed by atoms with Crippen molar-refractivity contribution in [1.82, 2.24) is 0 Å². The molecule has 2 nitrogen and oxygen atoms in total. The summed E-state index contributed by atoms with van der Waals surface area (Å²) in [6.45, 7) is 4.31. The van der Waals surface area contributed by atoms with Crippen molar-refractivity contribution in [3.8, 4) is 0 Å². The lowest BCUT2D eigenvalue weighted by molar-refractivity contribution is 0.0934. The second-order valence-electron chi connectivity index (χ2n) is 3.61. The van der Waals surface area contributed by atoms with E-state index < -0.39 is 0 Å². The van der Waals surface area contributed by atoms with Gasteiger partial charge in [0.15, 0.2) is 5.78 Å². The molecule has 0 bridgehead atoms. The van der Waals surface area contributed by atoms with Crippen LogP contribution in [0, 0.1) is 5.92 Å². The number of ketones is 1. The lowest BCUT2D eigenvalue weighted by Gasteiger charge is -2.09. The highest BCUT2D eigenvalue weighted by molar-refractivity contribution is 5.98. The van der Waals surface area contributed by atoms with Crippen molar-refractivity contribution in [2.24, 2.45) is 5.92 Å². The molecular formula is C12H16O2. The quantitative estimate of drug-likeness (QED) is 0.685. The monoisotopic (exact) mass is 192 g/mol. The summed E-state index contributed by atoms with van der Waals surface area (Å²) in [5.74, 6) is 0.214. The molecule has 1 aromatic rings. The van der Waals surface area contributed by atoms with E-state index in [1.807, 2.05) is 38.1 Å². The van der Waals surface area contributed by atoms with Crippen LogP contribution in [-0.4, -0.2) is 12.9 Å². The Balaban J connectivity index is 3.00. The van der Waals surface area contributed by atoms with Crippen molar-refractivity contribution in [2.45, 2.75) is 20.5 Å². The maximum Gasteiger partial charge on any atom is 0.165 e. The number of hydrogen-bond donors (Lipinski definition) is 0. The van der Waals surface area contributed by atoms with Gasteiger partial charge in [0, 0.05) is 18.6 Å². The van der Waals surface area contributed by atoms with E-state index >= 15 is 0 Å². The van der Waals surface area contributed by atoms with Gasteiger partial charge in [-0.25, -0.2) is 0 Å². The van der Waals surface area contributed by atoms with Crippen LogP contribution in [0.4, 0.5) is 0 Å². The molecule has 0 saturated heterocycles. The topological polar surface area (TPSA) is 26.3 Å². The SMILES string of the molecule is COCc1ccccc1C(=O)C(C)C. The van der Waals surface area contributed by atoms with E-state index in [-0.39, 0.29) is 11.7 Å². The average molecular weight is 192 g/mol. The predicted octanol–water partition coefficient (Wildman–Crippen LogP) is 2.67. The molecule has 1 rings (SSSR count). The Hall–Kier alpha value is -1.15. The minimum absolute atomic E-state index is 0.0352. The van der Waals surface area contributed by atoms with Gasteiger partial charge in [0.2, 0.25) is 0 Å². The van der Waals surface area contributed by atoms with Crippen LogP contribution in [0.25, 0.3) is 0 Å². The summed E-state index contributed by atoms with van der Waals surface area (Å²) in [6.07, 6.45) is 0. The summed E-state index contributed by atoms with van der Waals surface area (Å²) < 4.78 is 5.05. The zero-order valence-corrected chi connectivity index (χ0v) is 8.91. The largest absolute Gasteiger partial charge is 0.380 e. The van der Waals surface area contributed by atoms with Gasteiger partial charge in [0.25, 0.3) is 0 Å². The normalized spacial score (nSPS) is 10.6. The molecule has 0 aliphatic carbocycles. The molecule has 0 aliphatic heterocycles. The van der Waals surface area contributed by atoms with E-state index in [1.54, 1.807) is 7.11 Å². The van der Waals surface area contributed by atoms with Crippen molar-refractivity contribution >= 4 is 5.78 Å². The zero-order chi connectivity index (χ0) is 10.6. The van der Waals surface area contributed by atoms with Crippen molar-refractivity contribution in [3.05, 3.63) is 35.4 Å². The minimum Gasteiger partial charge on any atom is -0.380 e. The molecule has 0 radical (unpaired) electrons. The molecule has 0 aromatic heterocycles. The molecule has 0 spiro atoms. The van der Waals surface area contributed by atoms with Crippen LogP contribution >= 0.6 is 0 Å². The fourth-order valence-electron chi connectivity index (χ4n) is 1.35. The highest BCUT2D eigenvalue weighted by Gasteiger charge is 2.13. The summed E-state index contributed by atoms with van der Waals surface area (Å²) in [5.41, 5.74) is 1.75. The Morgan fingerprint density at radius 3 is 2.57 bits per heavy atom. The Labute approximate surface area is 84.9 Å². The maximum absolute atomic E-state index is 11.8. The molecule has 0 amide bonds. The summed E-state index contributed by atoms with van der Waals surface area (Å²) >= 11 is 0. The van der Waals surface area contributed by atoms with Crippen molar-refractivity contribution in [3.63, 3.8) is 0 Å². The van der Waals surface area contributed by atoms with E-state index in [0.717, 1.165) is 11.1 Å². The zero-order valence-electron chi connectivity index (χ0n) is 8.91. The third kappa shape index (κ3) is 2.42. The van der Waals surface area contributed by atoms with E-state index in [2.05, 4.69) is 0 Å². The molecule has 0 fully saturated rings. The Morgan fingerprint density at radius 1 is 1.36 bits per heavy atom. The van der Waals surface area contributed by atoms with E-state index in [1.165, 1.54) is 0 Å². The van der Waals surface area contributed by atoms with Gasteiger partial charge in [-0.15, -0.1) is 0 Å². The number of methoxy groups -OCH3 is 1. The standard InChI is InChI=1S/C12H16O2/c1-9(2)12(13)11-7-5-4-6-10(11)8-14-3/h4-7,9H,8H2,1-3H3. The van der Waals surface area contributed by atoms with Crippen LogP contribution < -0.4 is 0 Å². The molecule has 0 N–H and O–H groups in total. The summed E-state index contributed by atoms with van der Waals surface area (Å²) in [4.78, 5) is 11.8. The van der Waals surface area contributed by atoms with Crippen LogP contribution in [0.2, 0.25) is 0 Å². The fourth-order valence-corrected chi connectivity index (χ4v) is 1.35. The van der Waals surface area contributed by atoms with Gasteiger partial charge in [-0.3, -0.25) is 4.79 Å². The third-order valence-corrected chi connectivity index (χ3v) is 2.11. The Bertz CT molecular complexity index is 316. The van der Waals surface area contributed by atoms with Crippen molar-refractivity contribution < 1.29 is 9.53 Å². The average Bonchev–Trinajstić information content (AvgIpc) is 2.18. The molecule has 0 unspecified atom stereocenters.